The second-order valence-corrected chi connectivity index (χ2v) is 5.24. The number of carbonyl (C=O) groups excluding carboxylic acids is 3. The number of carbonyl (C=O) groups is 3. The summed E-state index contributed by atoms with van der Waals surface area (Å²) >= 11 is 1.82. The molecular formula is C10H14N2O3S. The first kappa shape index (κ1) is 11.4. The van der Waals surface area contributed by atoms with E-state index in [4.69, 9.17) is 0 Å². The summed E-state index contributed by atoms with van der Waals surface area (Å²) in [6, 6.07) is -0.648. The molecule has 2 fully saturated rings. The van der Waals surface area contributed by atoms with E-state index in [9.17, 15) is 14.4 Å². The van der Waals surface area contributed by atoms with Gasteiger partial charge in [0.2, 0.25) is 0 Å². The van der Waals surface area contributed by atoms with Gasteiger partial charge in [-0.1, -0.05) is 0 Å². The minimum absolute atomic E-state index is 0.0950. The number of nitrogens with zero attached hydrogens (tertiary/aromatic N) is 1. The molecule has 4 amide bonds. The standard InChI is InChI=1S/C10H14N2O3S/c1-16-7-4-2-6(3-5-7)12-9(14)8(13)11-10(12)15/h6-7H,2-5H2,1H3,(H,11,13,15). The lowest BCUT2D eigenvalue weighted by molar-refractivity contribution is -0.141. The highest BCUT2D eigenvalue weighted by Crippen LogP contribution is 2.30. The third kappa shape index (κ3) is 1.93. The Balaban J connectivity index is 2.01. The van der Waals surface area contributed by atoms with E-state index in [2.05, 4.69) is 6.26 Å². The van der Waals surface area contributed by atoms with Gasteiger partial charge in [0.15, 0.2) is 0 Å². The van der Waals surface area contributed by atoms with Gasteiger partial charge in [-0.15, -0.1) is 0 Å². The molecule has 0 atom stereocenters. The molecule has 88 valence electrons. The summed E-state index contributed by atoms with van der Waals surface area (Å²) in [6.07, 6.45) is 5.67. The van der Waals surface area contributed by atoms with Gasteiger partial charge < -0.3 is 0 Å². The van der Waals surface area contributed by atoms with Crippen LogP contribution in [0.2, 0.25) is 0 Å². The Kier molecular flexibility index (Phi) is 3.18. The highest BCUT2D eigenvalue weighted by molar-refractivity contribution is 7.99. The number of urea groups is 1. The summed E-state index contributed by atoms with van der Waals surface area (Å²) in [7, 11) is 0. The molecule has 1 aliphatic carbocycles. The number of hydrogen-bond donors (Lipinski definition) is 1. The topological polar surface area (TPSA) is 66.5 Å². The Morgan fingerprint density at radius 2 is 1.81 bits per heavy atom. The van der Waals surface area contributed by atoms with Crippen LogP contribution in [0.5, 0.6) is 0 Å². The number of rotatable bonds is 2. The molecule has 1 heterocycles. The van der Waals surface area contributed by atoms with Crippen LogP contribution in [0.15, 0.2) is 0 Å². The van der Waals surface area contributed by atoms with Crippen LogP contribution in [-0.2, 0) is 9.59 Å². The normalized spacial score (nSPS) is 30.8. The summed E-state index contributed by atoms with van der Waals surface area (Å²) in [5.41, 5.74) is 0. The van der Waals surface area contributed by atoms with Gasteiger partial charge >= 0.3 is 17.8 Å². The van der Waals surface area contributed by atoms with Crippen molar-refractivity contribution in [2.75, 3.05) is 6.26 Å². The van der Waals surface area contributed by atoms with Crippen molar-refractivity contribution in [1.82, 2.24) is 10.2 Å². The van der Waals surface area contributed by atoms with Crippen molar-refractivity contribution in [3.05, 3.63) is 0 Å². The molecule has 5 nitrogen and oxygen atoms in total. The van der Waals surface area contributed by atoms with Crippen molar-refractivity contribution in [2.24, 2.45) is 0 Å². The highest BCUT2D eigenvalue weighted by atomic mass is 32.2. The molecule has 1 aliphatic heterocycles. The predicted octanol–water partition coefficient (Wildman–Crippen LogP) is 0.739. The fourth-order valence-electron chi connectivity index (χ4n) is 2.28. The van der Waals surface area contributed by atoms with Crippen LogP contribution < -0.4 is 5.32 Å². The maximum Gasteiger partial charge on any atom is 0.331 e. The lowest BCUT2D eigenvalue weighted by Crippen LogP contribution is -2.43. The van der Waals surface area contributed by atoms with Gasteiger partial charge in [0, 0.05) is 11.3 Å². The van der Waals surface area contributed by atoms with Gasteiger partial charge in [0.1, 0.15) is 0 Å². The molecule has 0 aromatic carbocycles. The first-order chi connectivity index (χ1) is 7.63. The SMILES string of the molecule is CSC1CCC(N2C(=O)NC(=O)C2=O)CC1. The predicted molar refractivity (Wildman–Crippen MR) is 59.9 cm³/mol. The minimum Gasteiger partial charge on any atom is -0.269 e. The number of amides is 4. The van der Waals surface area contributed by atoms with Crippen molar-refractivity contribution in [1.29, 1.82) is 0 Å². The summed E-state index contributed by atoms with van der Waals surface area (Å²) in [4.78, 5) is 35.0. The molecule has 0 radical (unpaired) electrons. The fourth-order valence-corrected chi connectivity index (χ4v) is 3.03. The third-order valence-electron chi connectivity index (χ3n) is 3.19. The molecule has 1 saturated heterocycles. The van der Waals surface area contributed by atoms with Crippen LogP contribution in [0.25, 0.3) is 0 Å². The van der Waals surface area contributed by atoms with Crippen molar-refractivity contribution in [3.8, 4) is 0 Å². The van der Waals surface area contributed by atoms with Crippen molar-refractivity contribution >= 4 is 29.6 Å². The van der Waals surface area contributed by atoms with Gasteiger partial charge in [-0.25, -0.2) is 4.79 Å². The average molecular weight is 242 g/mol. The van der Waals surface area contributed by atoms with E-state index >= 15 is 0 Å². The zero-order chi connectivity index (χ0) is 11.7. The number of nitrogens with one attached hydrogen (secondary N) is 1. The van der Waals surface area contributed by atoms with Crippen LogP contribution in [0.3, 0.4) is 0 Å². The van der Waals surface area contributed by atoms with Gasteiger partial charge in [-0.05, 0) is 31.9 Å². The molecule has 0 aromatic rings. The third-order valence-corrected chi connectivity index (χ3v) is 4.33. The van der Waals surface area contributed by atoms with E-state index in [1.54, 1.807) is 0 Å². The van der Waals surface area contributed by atoms with E-state index < -0.39 is 17.8 Å². The zero-order valence-corrected chi connectivity index (χ0v) is 9.88. The molecule has 0 bridgehead atoms. The number of imide groups is 2. The quantitative estimate of drug-likeness (QED) is 0.573. The van der Waals surface area contributed by atoms with Gasteiger partial charge in [0.05, 0.1) is 0 Å². The lowest BCUT2D eigenvalue weighted by atomic mass is 9.94. The van der Waals surface area contributed by atoms with Gasteiger partial charge in [-0.2, -0.15) is 11.8 Å². The first-order valence-corrected chi connectivity index (χ1v) is 6.63. The largest absolute Gasteiger partial charge is 0.331 e. The van der Waals surface area contributed by atoms with Crippen LogP contribution in [0.4, 0.5) is 4.79 Å². The molecule has 0 aromatic heterocycles. The smallest absolute Gasteiger partial charge is 0.269 e. The van der Waals surface area contributed by atoms with Crippen molar-refractivity contribution in [2.45, 2.75) is 37.0 Å². The Morgan fingerprint density at radius 3 is 2.25 bits per heavy atom. The van der Waals surface area contributed by atoms with E-state index in [0.717, 1.165) is 30.6 Å². The van der Waals surface area contributed by atoms with Crippen LogP contribution in [-0.4, -0.2) is 40.3 Å². The van der Waals surface area contributed by atoms with Crippen LogP contribution in [0.1, 0.15) is 25.7 Å². The zero-order valence-electron chi connectivity index (χ0n) is 9.06. The molecule has 2 aliphatic rings. The van der Waals surface area contributed by atoms with Crippen molar-refractivity contribution in [3.63, 3.8) is 0 Å². The summed E-state index contributed by atoms with van der Waals surface area (Å²) in [5, 5.41) is 2.65. The highest BCUT2D eigenvalue weighted by Gasteiger charge is 2.42. The molecular weight excluding hydrogens is 228 g/mol. The Labute approximate surface area is 97.9 Å². The molecule has 0 unspecified atom stereocenters. The Morgan fingerprint density at radius 1 is 1.19 bits per heavy atom. The lowest BCUT2D eigenvalue weighted by Gasteiger charge is -2.31. The van der Waals surface area contributed by atoms with E-state index in [1.807, 2.05) is 17.1 Å². The minimum atomic E-state index is -0.794. The summed E-state index contributed by atoms with van der Waals surface area (Å²) in [5.74, 6) is -1.49. The Hall–Kier alpha value is -1.04. The number of thioether (sulfide) groups is 1. The Bertz CT molecular complexity index is 337. The van der Waals surface area contributed by atoms with Crippen molar-refractivity contribution < 1.29 is 14.4 Å². The second kappa shape index (κ2) is 4.45. The molecule has 2 rings (SSSR count). The molecule has 1 saturated carbocycles. The number of hydrogen-bond acceptors (Lipinski definition) is 4. The van der Waals surface area contributed by atoms with Gasteiger partial charge in [-0.3, -0.25) is 19.8 Å². The maximum atomic E-state index is 11.5. The van der Waals surface area contributed by atoms with E-state index in [0.29, 0.717) is 5.25 Å². The van der Waals surface area contributed by atoms with Crippen LogP contribution in [0, 0.1) is 0 Å². The maximum absolute atomic E-state index is 11.5. The monoisotopic (exact) mass is 242 g/mol. The fraction of sp³-hybridized carbons (Fsp3) is 0.700. The van der Waals surface area contributed by atoms with E-state index in [1.165, 1.54) is 0 Å². The van der Waals surface area contributed by atoms with E-state index in [-0.39, 0.29) is 6.04 Å². The summed E-state index contributed by atoms with van der Waals surface area (Å²) in [6.45, 7) is 0. The molecule has 0 spiro atoms. The molecule has 16 heavy (non-hydrogen) atoms. The first-order valence-electron chi connectivity index (χ1n) is 5.34. The van der Waals surface area contributed by atoms with Crippen LogP contribution >= 0.6 is 11.8 Å². The molecule has 6 heteroatoms. The van der Waals surface area contributed by atoms with Gasteiger partial charge in [0.25, 0.3) is 0 Å². The molecule has 1 N–H and O–H groups in total. The summed E-state index contributed by atoms with van der Waals surface area (Å²) < 4.78 is 0. The average Bonchev–Trinajstić information content (AvgIpc) is 2.54. The second-order valence-electron chi connectivity index (χ2n) is 4.10.